The van der Waals surface area contributed by atoms with Gasteiger partial charge in [0, 0.05) is 31.1 Å². The molecule has 0 radical (unpaired) electrons. The second-order valence-corrected chi connectivity index (χ2v) is 8.41. The van der Waals surface area contributed by atoms with E-state index in [0.29, 0.717) is 25.1 Å². The van der Waals surface area contributed by atoms with E-state index >= 15 is 0 Å². The summed E-state index contributed by atoms with van der Waals surface area (Å²) in [6.07, 6.45) is 2.53. The van der Waals surface area contributed by atoms with Crippen LogP contribution in [0.2, 0.25) is 6.04 Å². The average molecular weight is 295 g/mol. The average Bonchev–Trinajstić information content (AvgIpc) is 2.30. The van der Waals surface area contributed by atoms with E-state index in [-0.39, 0.29) is 0 Å². The van der Waals surface area contributed by atoms with Gasteiger partial charge < -0.3 is 13.3 Å². The van der Waals surface area contributed by atoms with Crippen molar-refractivity contribution in [2.45, 2.75) is 58.8 Å². The smallest absolute Gasteiger partial charge is 0.374 e. The lowest BCUT2D eigenvalue weighted by Crippen LogP contribution is -2.47. The first-order valence-electron chi connectivity index (χ1n) is 7.17. The van der Waals surface area contributed by atoms with Crippen LogP contribution in [0.5, 0.6) is 0 Å². The molecule has 0 saturated heterocycles. The van der Waals surface area contributed by atoms with E-state index in [0.717, 1.165) is 6.04 Å². The highest BCUT2D eigenvalue weighted by atomic mass is 32.2. The van der Waals surface area contributed by atoms with Gasteiger partial charge in [0.25, 0.3) is 0 Å². The van der Waals surface area contributed by atoms with Crippen LogP contribution in [0.25, 0.3) is 0 Å². The van der Waals surface area contributed by atoms with Crippen molar-refractivity contribution in [2.75, 3.05) is 25.6 Å². The van der Waals surface area contributed by atoms with Crippen LogP contribution in [0, 0.1) is 0 Å². The first kappa shape index (κ1) is 18.4. The highest BCUT2D eigenvalue weighted by molar-refractivity contribution is 7.99. The lowest BCUT2D eigenvalue weighted by molar-refractivity contribution is 0.0715. The van der Waals surface area contributed by atoms with Gasteiger partial charge in [-0.1, -0.05) is 20.3 Å². The molecule has 0 fully saturated rings. The maximum absolute atomic E-state index is 5.87. The van der Waals surface area contributed by atoms with Crippen LogP contribution >= 0.6 is 11.8 Å². The van der Waals surface area contributed by atoms with Crippen molar-refractivity contribution in [3.8, 4) is 0 Å². The van der Waals surface area contributed by atoms with Gasteiger partial charge in [-0.2, -0.15) is 11.8 Å². The third kappa shape index (κ3) is 7.79. The lowest BCUT2D eigenvalue weighted by Gasteiger charge is -2.30. The van der Waals surface area contributed by atoms with Crippen LogP contribution in [0.4, 0.5) is 0 Å². The maximum Gasteiger partial charge on any atom is 0.502 e. The number of hydrogen-bond donors (Lipinski definition) is 0. The van der Waals surface area contributed by atoms with Gasteiger partial charge in [0.15, 0.2) is 0 Å². The van der Waals surface area contributed by atoms with Crippen molar-refractivity contribution in [3.63, 3.8) is 0 Å². The van der Waals surface area contributed by atoms with Gasteiger partial charge in [-0.15, -0.1) is 0 Å². The van der Waals surface area contributed by atoms with Gasteiger partial charge in [-0.3, -0.25) is 0 Å². The third-order valence-corrected chi connectivity index (χ3v) is 7.38. The quantitative estimate of drug-likeness (QED) is 0.402. The SMILES string of the molecule is CCCCSC(C)C[Si](OCC)(OCC)OCC. The Morgan fingerprint density at radius 3 is 1.83 bits per heavy atom. The van der Waals surface area contributed by atoms with E-state index < -0.39 is 8.80 Å². The topological polar surface area (TPSA) is 27.7 Å². The van der Waals surface area contributed by atoms with Crippen molar-refractivity contribution in [3.05, 3.63) is 0 Å². The molecule has 1 unspecified atom stereocenters. The van der Waals surface area contributed by atoms with Crippen LogP contribution in [0.1, 0.15) is 47.5 Å². The molecule has 0 rings (SSSR count). The van der Waals surface area contributed by atoms with Crippen molar-refractivity contribution in [1.82, 2.24) is 0 Å². The summed E-state index contributed by atoms with van der Waals surface area (Å²) in [6.45, 7) is 12.5. The fraction of sp³-hybridized carbons (Fsp3) is 1.00. The first-order chi connectivity index (χ1) is 8.64. The van der Waals surface area contributed by atoms with E-state index in [1.54, 1.807) is 0 Å². The van der Waals surface area contributed by atoms with Gasteiger partial charge in [-0.05, 0) is 32.9 Å². The Bertz CT molecular complexity index is 176. The van der Waals surface area contributed by atoms with Gasteiger partial charge in [0.05, 0.1) is 0 Å². The second-order valence-electron chi connectivity index (χ2n) is 4.22. The molecule has 0 aromatic rings. The molecule has 18 heavy (non-hydrogen) atoms. The Kier molecular flexibility index (Phi) is 11.6. The van der Waals surface area contributed by atoms with E-state index in [1.807, 2.05) is 32.5 Å². The monoisotopic (exact) mass is 294 g/mol. The number of unbranched alkanes of at least 4 members (excludes halogenated alkanes) is 1. The summed E-state index contributed by atoms with van der Waals surface area (Å²) < 4.78 is 17.6. The molecular formula is C13H30O3SSi. The summed E-state index contributed by atoms with van der Waals surface area (Å²) >= 11 is 2.00. The normalized spacial score (nSPS) is 13.8. The third-order valence-electron chi connectivity index (χ3n) is 2.53. The zero-order chi connectivity index (χ0) is 13.9. The zero-order valence-electron chi connectivity index (χ0n) is 12.7. The molecule has 0 N–H and O–H groups in total. The molecule has 0 spiro atoms. The van der Waals surface area contributed by atoms with Crippen molar-refractivity contribution in [2.24, 2.45) is 0 Å². The van der Waals surface area contributed by atoms with Crippen molar-refractivity contribution in [1.29, 1.82) is 0 Å². The first-order valence-corrected chi connectivity index (χ1v) is 10.2. The summed E-state index contributed by atoms with van der Waals surface area (Å²) in [5.41, 5.74) is 0. The summed E-state index contributed by atoms with van der Waals surface area (Å²) in [7, 11) is -2.44. The van der Waals surface area contributed by atoms with Crippen LogP contribution < -0.4 is 0 Å². The van der Waals surface area contributed by atoms with E-state index in [9.17, 15) is 0 Å². The maximum atomic E-state index is 5.87. The Morgan fingerprint density at radius 2 is 1.44 bits per heavy atom. The van der Waals surface area contributed by atoms with Gasteiger partial charge in [0.1, 0.15) is 0 Å². The minimum absolute atomic E-state index is 0.535. The van der Waals surface area contributed by atoms with Crippen LogP contribution in [-0.2, 0) is 13.3 Å². The van der Waals surface area contributed by atoms with Gasteiger partial charge in [0.2, 0.25) is 0 Å². The van der Waals surface area contributed by atoms with E-state index in [1.165, 1.54) is 18.6 Å². The van der Waals surface area contributed by atoms with Crippen LogP contribution in [-0.4, -0.2) is 39.6 Å². The minimum atomic E-state index is -2.44. The fourth-order valence-electron chi connectivity index (χ4n) is 1.80. The number of thioether (sulfide) groups is 1. The molecule has 0 bridgehead atoms. The van der Waals surface area contributed by atoms with Gasteiger partial charge >= 0.3 is 8.80 Å². The highest BCUT2D eigenvalue weighted by Gasteiger charge is 2.41. The molecule has 5 heteroatoms. The standard InChI is InChI=1S/C13H30O3SSi/c1-6-10-11-17-13(5)12-18(14-7-2,15-8-3)16-9-4/h13H,6-12H2,1-5H3. The van der Waals surface area contributed by atoms with Crippen molar-refractivity contribution < 1.29 is 13.3 Å². The van der Waals surface area contributed by atoms with Crippen LogP contribution in [0.15, 0.2) is 0 Å². The predicted molar refractivity (Wildman–Crippen MR) is 82.3 cm³/mol. The molecule has 3 nitrogen and oxygen atoms in total. The van der Waals surface area contributed by atoms with E-state index in [4.69, 9.17) is 13.3 Å². The largest absolute Gasteiger partial charge is 0.502 e. The molecule has 0 aliphatic rings. The Balaban J connectivity index is 4.34. The molecule has 0 saturated carbocycles. The molecule has 110 valence electrons. The molecule has 0 aliphatic carbocycles. The molecular weight excluding hydrogens is 264 g/mol. The summed E-state index contributed by atoms with van der Waals surface area (Å²) in [4.78, 5) is 0. The molecule has 1 atom stereocenters. The summed E-state index contributed by atoms with van der Waals surface area (Å²) in [5.74, 6) is 1.21. The highest BCUT2D eigenvalue weighted by Crippen LogP contribution is 2.25. The Morgan fingerprint density at radius 1 is 0.944 bits per heavy atom. The zero-order valence-corrected chi connectivity index (χ0v) is 14.5. The predicted octanol–water partition coefficient (Wildman–Crippen LogP) is 3.96. The Hall–Kier alpha value is 0.447. The second kappa shape index (κ2) is 11.3. The number of hydrogen-bond acceptors (Lipinski definition) is 4. The van der Waals surface area contributed by atoms with E-state index in [2.05, 4.69) is 13.8 Å². The lowest BCUT2D eigenvalue weighted by atomic mass is 10.4. The molecule has 0 aromatic carbocycles. The molecule has 0 aliphatic heterocycles. The Labute approximate surface area is 118 Å². The van der Waals surface area contributed by atoms with Crippen molar-refractivity contribution >= 4 is 20.6 Å². The summed E-state index contributed by atoms with van der Waals surface area (Å²) in [5, 5.41) is 0.535. The molecule has 0 amide bonds. The minimum Gasteiger partial charge on any atom is -0.374 e. The molecule has 0 heterocycles. The molecule has 0 aromatic heterocycles. The van der Waals surface area contributed by atoms with Crippen LogP contribution in [0.3, 0.4) is 0 Å². The fourth-order valence-corrected chi connectivity index (χ4v) is 6.37. The number of rotatable bonds is 12. The van der Waals surface area contributed by atoms with Gasteiger partial charge in [-0.25, -0.2) is 0 Å². The summed E-state index contributed by atoms with van der Waals surface area (Å²) in [6, 6.07) is 0.914.